The SMILES string of the molecule is O=C(CCC(=O)N1CCC[C@H]1C(=O)O)c1ccc2c(c1)CCCC2. The predicted molar refractivity (Wildman–Crippen MR) is 89.0 cm³/mol. The van der Waals surface area contributed by atoms with Crippen molar-refractivity contribution in [2.75, 3.05) is 6.54 Å². The summed E-state index contributed by atoms with van der Waals surface area (Å²) >= 11 is 0. The van der Waals surface area contributed by atoms with Crippen LogP contribution in [-0.2, 0) is 22.4 Å². The highest BCUT2D eigenvalue weighted by Gasteiger charge is 2.33. The molecule has 3 rings (SSSR count). The largest absolute Gasteiger partial charge is 0.480 e. The smallest absolute Gasteiger partial charge is 0.326 e. The number of carbonyl (C=O) groups is 3. The maximum atomic E-state index is 12.4. The van der Waals surface area contributed by atoms with Gasteiger partial charge in [-0.1, -0.05) is 12.1 Å². The molecule has 0 aromatic heterocycles. The number of likely N-dealkylation sites (tertiary alicyclic amines) is 1. The first kappa shape index (κ1) is 16.7. The lowest BCUT2D eigenvalue weighted by molar-refractivity contribution is -0.148. The van der Waals surface area contributed by atoms with Gasteiger partial charge in [-0.25, -0.2) is 4.79 Å². The number of Topliss-reactive ketones (excluding diaryl/α,β-unsaturated/α-hetero) is 1. The zero-order chi connectivity index (χ0) is 17.1. The highest BCUT2D eigenvalue weighted by atomic mass is 16.4. The van der Waals surface area contributed by atoms with E-state index < -0.39 is 12.0 Å². The molecule has 2 aliphatic rings. The number of amides is 1. The number of carboxylic acid groups (broad SMARTS) is 1. The van der Waals surface area contributed by atoms with E-state index in [2.05, 4.69) is 0 Å². The lowest BCUT2D eigenvalue weighted by atomic mass is 9.89. The zero-order valence-electron chi connectivity index (χ0n) is 13.8. The topological polar surface area (TPSA) is 74.7 Å². The number of ketones is 1. The van der Waals surface area contributed by atoms with Crippen molar-refractivity contribution in [2.45, 2.75) is 57.4 Å². The Kier molecular flexibility index (Phi) is 4.97. The van der Waals surface area contributed by atoms with Crippen LogP contribution in [0.2, 0.25) is 0 Å². The Morgan fingerprint density at radius 1 is 1.04 bits per heavy atom. The van der Waals surface area contributed by atoms with E-state index in [4.69, 9.17) is 5.11 Å². The van der Waals surface area contributed by atoms with Crippen molar-refractivity contribution in [3.63, 3.8) is 0 Å². The molecule has 0 unspecified atom stereocenters. The number of nitrogens with zero attached hydrogens (tertiary/aromatic N) is 1. The number of hydrogen-bond donors (Lipinski definition) is 1. The van der Waals surface area contributed by atoms with Crippen LogP contribution in [0, 0.1) is 0 Å². The third-order valence-corrected chi connectivity index (χ3v) is 5.09. The molecule has 5 heteroatoms. The molecule has 0 saturated carbocycles. The molecule has 1 saturated heterocycles. The first-order valence-electron chi connectivity index (χ1n) is 8.73. The minimum atomic E-state index is -0.957. The molecule has 1 amide bonds. The summed E-state index contributed by atoms with van der Waals surface area (Å²) < 4.78 is 0. The lowest BCUT2D eigenvalue weighted by Crippen LogP contribution is -2.40. The van der Waals surface area contributed by atoms with Crippen LogP contribution >= 0.6 is 0 Å². The highest BCUT2D eigenvalue weighted by Crippen LogP contribution is 2.23. The van der Waals surface area contributed by atoms with Crippen molar-refractivity contribution >= 4 is 17.7 Å². The minimum absolute atomic E-state index is 0.0391. The number of carbonyl (C=O) groups excluding carboxylic acids is 2. The number of carboxylic acids is 1. The van der Waals surface area contributed by atoms with E-state index >= 15 is 0 Å². The van der Waals surface area contributed by atoms with Gasteiger partial charge in [0.2, 0.25) is 5.91 Å². The van der Waals surface area contributed by atoms with Crippen LogP contribution in [0.3, 0.4) is 0 Å². The molecule has 1 aliphatic carbocycles. The summed E-state index contributed by atoms with van der Waals surface area (Å²) in [6.45, 7) is 0.475. The molecule has 0 bridgehead atoms. The molecule has 1 atom stereocenters. The first-order valence-corrected chi connectivity index (χ1v) is 8.73. The molecule has 0 spiro atoms. The Bertz CT molecular complexity index is 667. The van der Waals surface area contributed by atoms with Crippen molar-refractivity contribution in [2.24, 2.45) is 0 Å². The van der Waals surface area contributed by atoms with Crippen LogP contribution in [0.4, 0.5) is 0 Å². The Labute approximate surface area is 141 Å². The van der Waals surface area contributed by atoms with E-state index in [0.29, 0.717) is 24.9 Å². The molecule has 128 valence electrons. The Hall–Kier alpha value is -2.17. The molecule has 1 aliphatic heterocycles. The highest BCUT2D eigenvalue weighted by molar-refractivity contribution is 5.98. The van der Waals surface area contributed by atoms with Crippen molar-refractivity contribution in [3.8, 4) is 0 Å². The Morgan fingerprint density at radius 3 is 2.54 bits per heavy atom. The number of fused-ring (bicyclic) bond motifs is 1. The second kappa shape index (κ2) is 7.16. The van der Waals surface area contributed by atoms with Crippen molar-refractivity contribution in [1.29, 1.82) is 0 Å². The number of rotatable bonds is 5. The van der Waals surface area contributed by atoms with Crippen LogP contribution in [-0.4, -0.2) is 40.3 Å². The van der Waals surface area contributed by atoms with E-state index in [0.717, 1.165) is 19.3 Å². The molecular formula is C19H23NO4. The third-order valence-electron chi connectivity index (χ3n) is 5.09. The molecule has 1 aromatic rings. The van der Waals surface area contributed by atoms with E-state index in [1.54, 1.807) is 0 Å². The normalized spacial score (nSPS) is 19.8. The minimum Gasteiger partial charge on any atom is -0.480 e. The molecule has 5 nitrogen and oxygen atoms in total. The fraction of sp³-hybridized carbons (Fsp3) is 0.526. The Morgan fingerprint density at radius 2 is 1.79 bits per heavy atom. The summed E-state index contributed by atoms with van der Waals surface area (Å²) in [5.41, 5.74) is 3.25. The van der Waals surface area contributed by atoms with Crippen molar-refractivity contribution in [3.05, 3.63) is 34.9 Å². The van der Waals surface area contributed by atoms with E-state index in [9.17, 15) is 14.4 Å². The number of aryl methyl sites for hydroxylation is 2. The van der Waals surface area contributed by atoms with Crippen LogP contribution in [0.1, 0.15) is 60.0 Å². The number of aliphatic carboxylic acids is 1. The summed E-state index contributed by atoms with van der Waals surface area (Å²) in [6.07, 6.45) is 5.89. The molecule has 1 fully saturated rings. The summed E-state index contributed by atoms with van der Waals surface area (Å²) in [6, 6.07) is 5.13. The number of benzene rings is 1. The Balaban J connectivity index is 1.59. The lowest BCUT2D eigenvalue weighted by Gasteiger charge is -2.21. The average Bonchev–Trinajstić information content (AvgIpc) is 3.09. The van der Waals surface area contributed by atoms with Gasteiger partial charge >= 0.3 is 5.97 Å². The second-order valence-electron chi connectivity index (χ2n) is 6.70. The van der Waals surface area contributed by atoms with E-state index in [1.165, 1.54) is 22.4 Å². The fourth-order valence-electron chi connectivity index (χ4n) is 3.74. The standard InChI is InChI=1S/C19H23NO4/c21-17(15-8-7-13-4-1-2-5-14(13)12-15)9-10-18(22)20-11-3-6-16(20)19(23)24/h7-8,12,16H,1-6,9-11H2,(H,23,24)/t16-/m0/s1. The van der Waals surface area contributed by atoms with Gasteiger partial charge in [0.25, 0.3) is 0 Å². The predicted octanol–water partition coefficient (Wildman–Crippen LogP) is 2.60. The van der Waals surface area contributed by atoms with Crippen LogP contribution in [0.25, 0.3) is 0 Å². The van der Waals surface area contributed by atoms with Crippen molar-refractivity contribution in [1.82, 2.24) is 4.90 Å². The van der Waals surface area contributed by atoms with Crippen LogP contribution in [0.15, 0.2) is 18.2 Å². The van der Waals surface area contributed by atoms with Crippen LogP contribution < -0.4 is 0 Å². The van der Waals surface area contributed by atoms with Gasteiger partial charge in [-0.2, -0.15) is 0 Å². The van der Waals surface area contributed by atoms with Gasteiger partial charge in [0.15, 0.2) is 5.78 Å². The summed E-state index contributed by atoms with van der Waals surface area (Å²) in [5.74, 6) is -1.23. The van der Waals surface area contributed by atoms with E-state index in [1.807, 2.05) is 18.2 Å². The van der Waals surface area contributed by atoms with E-state index in [-0.39, 0.29) is 24.5 Å². The van der Waals surface area contributed by atoms with Crippen LogP contribution in [0.5, 0.6) is 0 Å². The summed E-state index contributed by atoms with van der Waals surface area (Å²) in [4.78, 5) is 37.2. The van der Waals surface area contributed by atoms with Gasteiger partial charge < -0.3 is 10.0 Å². The third kappa shape index (κ3) is 3.50. The number of hydrogen-bond acceptors (Lipinski definition) is 3. The molecule has 24 heavy (non-hydrogen) atoms. The fourth-order valence-corrected chi connectivity index (χ4v) is 3.74. The monoisotopic (exact) mass is 329 g/mol. The maximum Gasteiger partial charge on any atom is 0.326 e. The van der Waals surface area contributed by atoms with Gasteiger partial charge in [0.05, 0.1) is 0 Å². The quantitative estimate of drug-likeness (QED) is 0.843. The van der Waals surface area contributed by atoms with Gasteiger partial charge in [0, 0.05) is 24.9 Å². The van der Waals surface area contributed by atoms with Gasteiger partial charge in [-0.05, 0) is 55.7 Å². The van der Waals surface area contributed by atoms with Gasteiger partial charge in [-0.15, -0.1) is 0 Å². The first-order chi connectivity index (χ1) is 11.6. The second-order valence-corrected chi connectivity index (χ2v) is 6.70. The maximum absolute atomic E-state index is 12.4. The molecular weight excluding hydrogens is 306 g/mol. The molecule has 0 radical (unpaired) electrons. The van der Waals surface area contributed by atoms with Gasteiger partial charge in [-0.3, -0.25) is 9.59 Å². The van der Waals surface area contributed by atoms with Crippen molar-refractivity contribution < 1.29 is 19.5 Å². The zero-order valence-corrected chi connectivity index (χ0v) is 13.8. The summed E-state index contributed by atoms with van der Waals surface area (Å²) in [7, 11) is 0. The molecule has 1 heterocycles. The van der Waals surface area contributed by atoms with Gasteiger partial charge in [0.1, 0.15) is 6.04 Å². The molecule has 1 N–H and O–H groups in total. The summed E-state index contributed by atoms with van der Waals surface area (Å²) in [5, 5.41) is 9.14. The molecule has 1 aromatic carbocycles. The average molecular weight is 329 g/mol.